The van der Waals surface area contributed by atoms with Crippen LogP contribution in [0.5, 0.6) is 0 Å². The Labute approximate surface area is 136 Å². The summed E-state index contributed by atoms with van der Waals surface area (Å²) in [5, 5.41) is 11.3. The van der Waals surface area contributed by atoms with Gasteiger partial charge >= 0.3 is 0 Å². The molecule has 0 aliphatic heterocycles. The molecular formula is C16H12ClN3OS. The zero-order valence-corrected chi connectivity index (χ0v) is 13.4. The number of hydrogen-bond acceptors (Lipinski definition) is 4. The van der Waals surface area contributed by atoms with Gasteiger partial charge in [-0.2, -0.15) is 5.26 Å². The number of nitrogens with zero attached hydrogens (tertiary/aromatic N) is 3. The van der Waals surface area contributed by atoms with E-state index in [9.17, 15) is 4.79 Å². The third-order valence-electron chi connectivity index (χ3n) is 3.55. The molecule has 0 aliphatic rings. The van der Waals surface area contributed by atoms with Gasteiger partial charge in [0.05, 0.1) is 23.7 Å². The molecule has 22 heavy (non-hydrogen) atoms. The maximum atomic E-state index is 12.6. The van der Waals surface area contributed by atoms with Crippen LogP contribution in [0.1, 0.15) is 23.6 Å². The first kappa shape index (κ1) is 14.8. The Hall–Kier alpha value is -2.16. The van der Waals surface area contributed by atoms with Gasteiger partial charge < -0.3 is 0 Å². The average Bonchev–Trinajstić information content (AvgIpc) is 2.94. The van der Waals surface area contributed by atoms with Crippen molar-refractivity contribution in [3.8, 4) is 6.07 Å². The van der Waals surface area contributed by atoms with Crippen molar-refractivity contribution >= 4 is 33.2 Å². The minimum Gasteiger partial charge on any atom is -0.278 e. The summed E-state index contributed by atoms with van der Waals surface area (Å²) in [5.41, 5.74) is 2.84. The molecule has 4 nitrogen and oxygen atoms in total. The molecule has 110 valence electrons. The van der Waals surface area contributed by atoms with Crippen molar-refractivity contribution in [2.75, 3.05) is 0 Å². The number of aromatic nitrogens is 2. The fourth-order valence-corrected chi connectivity index (χ4v) is 3.61. The standard InChI is InChI=1S/C16H12ClN3OS/c1-2-10-9-22-14-13(10)19-16(17)20(15(14)21)8-12-6-4-3-5-11(12)7-18/h3-6,9H,2,8H2,1H3. The Morgan fingerprint density at radius 3 is 2.86 bits per heavy atom. The lowest BCUT2D eigenvalue weighted by atomic mass is 10.1. The second kappa shape index (κ2) is 5.91. The molecule has 3 rings (SSSR count). The third-order valence-corrected chi connectivity index (χ3v) is 4.85. The minimum atomic E-state index is -0.160. The van der Waals surface area contributed by atoms with Crippen LogP contribution in [-0.4, -0.2) is 9.55 Å². The molecule has 0 radical (unpaired) electrons. The molecule has 0 aliphatic carbocycles. The lowest BCUT2D eigenvalue weighted by Gasteiger charge is -2.09. The summed E-state index contributed by atoms with van der Waals surface area (Å²) in [6.07, 6.45) is 0.810. The minimum absolute atomic E-state index is 0.151. The zero-order chi connectivity index (χ0) is 15.7. The van der Waals surface area contributed by atoms with Gasteiger partial charge in [-0.25, -0.2) is 4.98 Å². The maximum Gasteiger partial charge on any atom is 0.272 e. The van der Waals surface area contributed by atoms with E-state index in [1.165, 1.54) is 15.9 Å². The second-order valence-electron chi connectivity index (χ2n) is 4.83. The molecule has 0 spiro atoms. The van der Waals surface area contributed by atoms with E-state index in [0.29, 0.717) is 15.8 Å². The van der Waals surface area contributed by atoms with Gasteiger partial charge in [0, 0.05) is 0 Å². The number of benzene rings is 1. The summed E-state index contributed by atoms with van der Waals surface area (Å²) in [7, 11) is 0. The van der Waals surface area contributed by atoms with Crippen molar-refractivity contribution in [2.24, 2.45) is 0 Å². The van der Waals surface area contributed by atoms with E-state index >= 15 is 0 Å². The van der Waals surface area contributed by atoms with Crippen LogP contribution in [0.4, 0.5) is 0 Å². The Kier molecular flexibility index (Phi) is 3.97. The number of aryl methyl sites for hydroxylation is 1. The first-order valence-electron chi connectivity index (χ1n) is 6.80. The number of nitriles is 1. The Morgan fingerprint density at radius 2 is 2.14 bits per heavy atom. The number of thiophene rings is 1. The molecule has 0 atom stereocenters. The molecule has 0 N–H and O–H groups in total. The first-order chi connectivity index (χ1) is 10.7. The lowest BCUT2D eigenvalue weighted by molar-refractivity contribution is 0.749. The van der Waals surface area contributed by atoms with Crippen LogP contribution in [0.15, 0.2) is 34.4 Å². The highest BCUT2D eigenvalue weighted by atomic mass is 35.5. The van der Waals surface area contributed by atoms with Gasteiger partial charge in [-0.15, -0.1) is 11.3 Å². The molecule has 0 saturated carbocycles. The van der Waals surface area contributed by atoms with E-state index in [-0.39, 0.29) is 17.4 Å². The summed E-state index contributed by atoms with van der Waals surface area (Å²) in [6.45, 7) is 2.26. The SMILES string of the molecule is CCc1csc2c(=O)n(Cc3ccccc3C#N)c(Cl)nc12. The van der Waals surface area contributed by atoms with Crippen molar-refractivity contribution in [1.29, 1.82) is 5.26 Å². The number of halogens is 1. The van der Waals surface area contributed by atoms with E-state index in [1.54, 1.807) is 12.1 Å². The summed E-state index contributed by atoms with van der Waals surface area (Å²) in [5.74, 6) is 0. The summed E-state index contributed by atoms with van der Waals surface area (Å²) in [6, 6.07) is 9.30. The molecule has 3 aromatic rings. The van der Waals surface area contributed by atoms with Crippen LogP contribution < -0.4 is 5.56 Å². The van der Waals surface area contributed by atoms with Crippen LogP contribution in [0.3, 0.4) is 0 Å². The highest BCUT2D eigenvalue weighted by Crippen LogP contribution is 2.23. The number of hydrogen-bond donors (Lipinski definition) is 0. The van der Waals surface area contributed by atoms with Crippen LogP contribution in [0, 0.1) is 11.3 Å². The lowest BCUT2D eigenvalue weighted by Crippen LogP contribution is -2.22. The molecule has 1 aromatic carbocycles. The third kappa shape index (κ3) is 2.41. The van der Waals surface area contributed by atoms with Gasteiger partial charge in [-0.05, 0) is 40.6 Å². The topological polar surface area (TPSA) is 58.7 Å². The van der Waals surface area contributed by atoms with Crippen LogP contribution in [0.2, 0.25) is 5.28 Å². The molecule has 6 heteroatoms. The fraction of sp³-hybridized carbons (Fsp3) is 0.188. The average molecular weight is 330 g/mol. The van der Waals surface area contributed by atoms with Gasteiger partial charge in [0.15, 0.2) is 0 Å². The van der Waals surface area contributed by atoms with Crippen molar-refractivity contribution in [3.63, 3.8) is 0 Å². The first-order valence-corrected chi connectivity index (χ1v) is 8.06. The van der Waals surface area contributed by atoms with E-state index in [4.69, 9.17) is 16.9 Å². The largest absolute Gasteiger partial charge is 0.278 e. The smallest absolute Gasteiger partial charge is 0.272 e. The Bertz CT molecular complexity index is 952. The van der Waals surface area contributed by atoms with E-state index in [0.717, 1.165) is 17.5 Å². The van der Waals surface area contributed by atoms with Crippen molar-refractivity contribution in [2.45, 2.75) is 19.9 Å². The van der Waals surface area contributed by atoms with Gasteiger partial charge in [0.1, 0.15) is 4.70 Å². The van der Waals surface area contributed by atoms with Gasteiger partial charge in [0.2, 0.25) is 5.28 Å². The predicted molar refractivity (Wildman–Crippen MR) is 88.5 cm³/mol. The molecule has 0 saturated heterocycles. The summed E-state index contributed by atoms with van der Waals surface area (Å²) >= 11 is 7.60. The Morgan fingerprint density at radius 1 is 1.36 bits per heavy atom. The molecule has 0 fully saturated rings. The molecular weight excluding hydrogens is 318 g/mol. The highest BCUT2D eigenvalue weighted by Gasteiger charge is 2.15. The number of rotatable bonds is 3. The fourth-order valence-electron chi connectivity index (χ4n) is 2.35. The van der Waals surface area contributed by atoms with Gasteiger partial charge in [-0.1, -0.05) is 25.1 Å². The quantitative estimate of drug-likeness (QED) is 0.690. The second-order valence-corrected chi connectivity index (χ2v) is 6.05. The van der Waals surface area contributed by atoms with Crippen LogP contribution in [-0.2, 0) is 13.0 Å². The summed E-state index contributed by atoms with van der Waals surface area (Å²) < 4.78 is 2.02. The monoisotopic (exact) mass is 329 g/mol. The molecule has 2 aromatic heterocycles. The van der Waals surface area contributed by atoms with Crippen LogP contribution >= 0.6 is 22.9 Å². The predicted octanol–water partition coefficient (Wildman–Crippen LogP) is 3.59. The van der Waals surface area contributed by atoms with Crippen molar-refractivity contribution in [3.05, 3.63) is 62.0 Å². The van der Waals surface area contributed by atoms with E-state index in [2.05, 4.69) is 11.1 Å². The maximum absolute atomic E-state index is 12.6. The van der Waals surface area contributed by atoms with E-state index < -0.39 is 0 Å². The molecule has 2 heterocycles. The normalized spacial score (nSPS) is 10.8. The zero-order valence-electron chi connectivity index (χ0n) is 11.8. The van der Waals surface area contributed by atoms with Crippen LogP contribution in [0.25, 0.3) is 10.2 Å². The Balaban J connectivity index is 2.16. The molecule has 0 amide bonds. The molecule has 0 bridgehead atoms. The summed E-state index contributed by atoms with van der Waals surface area (Å²) in [4.78, 5) is 17.0. The van der Waals surface area contributed by atoms with E-state index in [1.807, 2.05) is 24.4 Å². The van der Waals surface area contributed by atoms with Crippen molar-refractivity contribution < 1.29 is 0 Å². The number of fused-ring (bicyclic) bond motifs is 1. The van der Waals surface area contributed by atoms with Crippen molar-refractivity contribution in [1.82, 2.24) is 9.55 Å². The van der Waals surface area contributed by atoms with Gasteiger partial charge in [-0.3, -0.25) is 9.36 Å². The highest BCUT2D eigenvalue weighted by molar-refractivity contribution is 7.17. The van der Waals surface area contributed by atoms with Gasteiger partial charge in [0.25, 0.3) is 5.56 Å². The molecule has 0 unspecified atom stereocenters.